The first-order valence-corrected chi connectivity index (χ1v) is 15.8. The average molecular weight is 642 g/mol. The van der Waals surface area contributed by atoms with Crippen molar-refractivity contribution in [2.75, 3.05) is 26.6 Å². The molecule has 2 aliphatic heterocycles. The van der Waals surface area contributed by atoms with E-state index in [1.54, 1.807) is 13.0 Å². The number of ether oxygens (including phenoxy) is 4. The molecule has 0 radical (unpaired) electrons. The zero-order chi connectivity index (χ0) is 32.2. The highest BCUT2D eigenvalue weighted by Gasteiger charge is 2.39. The van der Waals surface area contributed by atoms with Crippen molar-refractivity contribution in [1.29, 1.82) is 0 Å². The fourth-order valence-electron chi connectivity index (χ4n) is 4.61. The Balaban J connectivity index is 1.39. The van der Waals surface area contributed by atoms with Gasteiger partial charge in [0.15, 0.2) is 17.4 Å². The Bertz CT molecular complexity index is 1290. The molecule has 0 aromatic heterocycles. The molecule has 244 valence electrons. The molecule has 2 heterocycles. The largest absolute Gasteiger partial charge is 0.493 e. The third-order valence-corrected chi connectivity index (χ3v) is 8.35. The van der Waals surface area contributed by atoms with Crippen molar-refractivity contribution in [2.24, 2.45) is 4.99 Å². The van der Waals surface area contributed by atoms with Crippen LogP contribution in [0.1, 0.15) is 78.0 Å². The maximum absolute atomic E-state index is 14.1. The summed E-state index contributed by atoms with van der Waals surface area (Å²) in [6.45, 7) is 14.0. The molecule has 0 fully saturated rings. The summed E-state index contributed by atoms with van der Waals surface area (Å²) >= 11 is 0. The summed E-state index contributed by atoms with van der Waals surface area (Å²) in [7, 11) is -1.71. The van der Waals surface area contributed by atoms with E-state index in [0.717, 1.165) is 11.6 Å². The number of aryl methyl sites for hydroxylation is 2. The van der Waals surface area contributed by atoms with E-state index in [1.807, 2.05) is 59.7 Å². The minimum absolute atomic E-state index is 0.138. The van der Waals surface area contributed by atoms with Crippen molar-refractivity contribution in [2.45, 2.75) is 97.1 Å². The van der Waals surface area contributed by atoms with E-state index in [2.05, 4.69) is 4.99 Å². The topological polar surface area (TPSA) is 77.0 Å². The fraction of sp³-hybridized carbons (Fsp3) is 0.594. The van der Waals surface area contributed by atoms with Crippen LogP contribution >= 0.6 is 8.60 Å². The van der Waals surface area contributed by atoms with Crippen molar-refractivity contribution < 1.29 is 45.7 Å². The van der Waals surface area contributed by atoms with Gasteiger partial charge in [0.2, 0.25) is 6.79 Å². The predicted molar refractivity (Wildman–Crippen MR) is 162 cm³/mol. The SMILES string of the molecule is CC1=NC(CCc2ccc(OCCCc3ccc4c(c3)OCO4)c(C(F)(F)F)c2)(COP(OC(C)(C)C)OC(C)(C)C)CO1. The zero-order valence-electron chi connectivity index (χ0n) is 26.5. The molecule has 44 heavy (non-hydrogen) atoms. The molecule has 1 atom stereocenters. The van der Waals surface area contributed by atoms with Crippen LogP contribution < -0.4 is 14.2 Å². The van der Waals surface area contributed by atoms with Gasteiger partial charge in [0.1, 0.15) is 17.9 Å². The van der Waals surface area contributed by atoms with Crippen LogP contribution in [-0.4, -0.2) is 49.3 Å². The van der Waals surface area contributed by atoms with E-state index in [1.165, 1.54) is 6.07 Å². The van der Waals surface area contributed by atoms with Gasteiger partial charge in [-0.15, -0.1) is 0 Å². The lowest BCUT2D eigenvalue weighted by atomic mass is 9.93. The second-order valence-corrected chi connectivity index (χ2v) is 14.1. The quantitative estimate of drug-likeness (QED) is 0.161. The molecule has 2 aromatic rings. The summed E-state index contributed by atoms with van der Waals surface area (Å²) in [6, 6.07) is 9.85. The van der Waals surface area contributed by atoms with Gasteiger partial charge in [-0.05, 0) is 103 Å². The van der Waals surface area contributed by atoms with Crippen molar-refractivity contribution in [3.63, 3.8) is 0 Å². The normalized spacial score (nSPS) is 18.5. The molecule has 8 nitrogen and oxygen atoms in total. The molecule has 12 heteroatoms. The number of benzene rings is 2. The molecule has 0 amide bonds. The number of alkyl halides is 3. The molecule has 2 aromatic carbocycles. The summed E-state index contributed by atoms with van der Waals surface area (Å²) in [4.78, 5) is 4.69. The average Bonchev–Trinajstić information content (AvgIpc) is 3.53. The van der Waals surface area contributed by atoms with Crippen LogP contribution in [0.15, 0.2) is 41.4 Å². The van der Waals surface area contributed by atoms with Crippen molar-refractivity contribution >= 4 is 14.5 Å². The summed E-state index contributed by atoms with van der Waals surface area (Å²) < 4.78 is 82.5. The lowest BCUT2D eigenvalue weighted by Gasteiger charge is -2.32. The van der Waals surface area contributed by atoms with Crippen LogP contribution in [0.2, 0.25) is 0 Å². The third-order valence-electron chi connectivity index (χ3n) is 6.61. The Morgan fingerprint density at radius 3 is 2.16 bits per heavy atom. The number of nitrogens with zero attached hydrogens (tertiary/aromatic N) is 1. The van der Waals surface area contributed by atoms with Crippen LogP contribution in [0.4, 0.5) is 13.2 Å². The Morgan fingerprint density at radius 1 is 0.864 bits per heavy atom. The Kier molecular flexibility index (Phi) is 10.8. The van der Waals surface area contributed by atoms with Crippen molar-refractivity contribution in [3.8, 4) is 17.2 Å². The van der Waals surface area contributed by atoms with E-state index in [-0.39, 0.29) is 32.4 Å². The van der Waals surface area contributed by atoms with Gasteiger partial charge in [-0.3, -0.25) is 0 Å². The van der Waals surface area contributed by atoms with E-state index in [4.69, 9.17) is 32.5 Å². The van der Waals surface area contributed by atoms with E-state index < -0.39 is 37.1 Å². The Morgan fingerprint density at radius 2 is 1.52 bits per heavy atom. The number of hydrogen-bond acceptors (Lipinski definition) is 8. The minimum atomic E-state index is -4.57. The van der Waals surface area contributed by atoms with Crippen LogP contribution in [0.3, 0.4) is 0 Å². The van der Waals surface area contributed by atoms with Gasteiger partial charge in [0.05, 0.1) is 30.0 Å². The van der Waals surface area contributed by atoms with Gasteiger partial charge >= 0.3 is 14.8 Å². The van der Waals surface area contributed by atoms with E-state index >= 15 is 0 Å². The first-order valence-electron chi connectivity index (χ1n) is 14.7. The first-order chi connectivity index (χ1) is 20.5. The standard InChI is InChI=1S/C32H43F3NO7P/c1-22-36-31(19-38-22,20-41-44(42-29(2,3)4)43-30(5,6)7)15-14-24-10-12-26(25(17-24)32(33,34)35)37-16-8-9-23-11-13-27-28(18-23)40-21-39-27/h10-13,17-18H,8-9,14-16,19-21H2,1-7H3. The zero-order valence-corrected chi connectivity index (χ0v) is 27.4. The van der Waals surface area contributed by atoms with Crippen LogP contribution in [0, 0.1) is 0 Å². The van der Waals surface area contributed by atoms with E-state index in [9.17, 15) is 13.2 Å². The van der Waals surface area contributed by atoms with Gasteiger partial charge in [0, 0.05) is 6.92 Å². The van der Waals surface area contributed by atoms with Gasteiger partial charge < -0.3 is 32.5 Å². The summed E-state index contributed by atoms with van der Waals surface area (Å²) in [5.74, 6) is 1.68. The van der Waals surface area contributed by atoms with Crippen LogP contribution in [-0.2, 0) is 37.3 Å². The van der Waals surface area contributed by atoms with Gasteiger partial charge in [-0.2, -0.15) is 13.2 Å². The molecule has 0 saturated heterocycles. The second kappa shape index (κ2) is 13.8. The molecule has 4 rings (SSSR count). The number of fused-ring (bicyclic) bond motifs is 1. The lowest BCUT2D eigenvalue weighted by molar-refractivity contribution is -0.139. The molecule has 1 unspecified atom stereocenters. The fourth-order valence-corrected chi connectivity index (χ4v) is 6.00. The number of aliphatic imine (C=N–C) groups is 1. The minimum Gasteiger partial charge on any atom is -0.493 e. The summed E-state index contributed by atoms with van der Waals surface area (Å²) in [5, 5.41) is 0. The lowest BCUT2D eigenvalue weighted by Crippen LogP contribution is -2.35. The predicted octanol–water partition coefficient (Wildman–Crippen LogP) is 8.44. The highest BCUT2D eigenvalue weighted by Crippen LogP contribution is 2.48. The maximum Gasteiger partial charge on any atom is 0.419 e. The van der Waals surface area contributed by atoms with E-state index in [0.29, 0.717) is 48.6 Å². The van der Waals surface area contributed by atoms with Gasteiger partial charge in [-0.1, -0.05) is 12.1 Å². The Labute approximate surface area is 259 Å². The monoisotopic (exact) mass is 641 g/mol. The van der Waals surface area contributed by atoms with Crippen molar-refractivity contribution in [1.82, 2.24) is 0 Å². The Hall–Kier alpha value is -2.59. The smallest absolute Gasteiger partial charge is 0.419 e. The van der Waals surface area contributed by atoms with Crippen molar-refractivity contribution in [3.05, 3.63) is 53.1 Å². The highest BCUT2D eigenvalue weighted by atomic mass is 31.2. The molecule has 0 spiro atoms. The number of halogens is 3. The molecule has 0 N–H and O–H groups in total. The third kappa shape index (κ3) is 10.2. The van der Waals surface area contributed by atoms with Gasteiger partial charge in [-0.25, -0.2) is 4.99 Å². The molecule has 0 aliphatic carbocycles. The first kappa shape index (κ1) is 34.3. The van der Waals surface area contributed by atoms with Gasteiger partial charge in [0.25, 0.3) is 0 Å². The molecule has 0 bridgehead atoms. The molecule has 0 saturated carbocycles. The maximum atomic E-state index is 14.1. The second-order valence-electron chi connectivity index (χ2n) is 13.0. The van der Waals surface area contributed by atoms with Crippen LogP contribution in [0.25, 0.3) is 0 Å². The summed E-state index contributed by atoms with van der Waals surface area (Å²) in [5.41, 5.74) is -1.07. The number of rotatable bonds is 13. The van der Waals surface area contributed by atoms with Crippen LogP contribution in [0.5, 0.6) is 17.2 Å². The molecule has 2 aliphatic rings. The molecular weight excluding hydrogens is 598 g/mol. The summed E-state index contributed by atoms with van der Waals surface area (Å²) in [6.07, 6.45) is -2.66. The highest BCUT2D eigenvalue weighted by molar-refractivity contribution is 7.41. The molecular formula is C32H43F3NO7P. The number of hydrogen-bond donors (Lipinski definition) is 0.